The Bertz CT molecular complexity index is 599. The summed E-state index contributed by atoms with van der Waals surface area (Å²) in [7, 11) is 0. The molecular weight excluding hydrogens is 306 g/mol. The first kappa shape index (κ1) is 18.7. The third-order valence-electron chi connectivity index (χ3n) is 4.45. The van der Waals surface area contributed by atoms with Crippen molar-refractivity contribution in [1.29, 1.82) is 0 Å². The highest BCUT2D eigenvalue weighted by Gasteiger charge is 2.22. The van der Waals surface area contributed by atoms with Gasteiger partial charge in [-0.1, -0.05) is 0 Å². The molecule has 0 bridgehead atoms. The Kier molecular flexibility index (Phi) is 6.18. The molecule has 0 radical (unpaired) electrons. The van der Waals surface area contributed by atoms with Crippen molar-refractivity contribution in [2.45, 2.75) is 53.2 Å². The minimum absolute atomic E-state index is 0.0177. The van der Waals surface area contributed by atoms with E-state index in [0.29, 0.717) is 17.8 Å². The Labute approximate surface area is 143 Å². The van der Waals surface area contributed by atoms with Gasteiger partial charge >= 0.3 is 0 Å². The van der Waals surface area contributed by atoms with Gasteiger partial charge in [0.25, 0.3) is 5.91 Å². The van der Waals surface area contributed by atoms with Crippen LogP contribution in [-0.4, -0.2) is 60.0 Å². The predicted molar refractivity (Wildman–Crippen MR) is 93.7 cm³/mol. The number of nitrogens with zero attached hydrogens (tertiary/aromatic N) is 1. The highest BCUT2D eigenvalue weighted by molar-refractivity contribution is 6.02. The van der Waals surface area contributed by atoms with Gasteiger partial charge in [-0.3, -0.25) is 14.5 Å². The van der Waals surface area contributed by atoms with E-state index in [1.54, 1.807) is 0 Å². The largest absolute Gasteiger partial charge is 0.373 e. The molecule has 1 fully saturated rings. The van der Waals surface area contributed by atoms with E-state index in [4.69, 9.17) is 4.74 Å². The number of morpholine rings is 1. The van der Waals surface area contributed by atoms with Crippen molar-refractivity contribution in [2.24, 2.45) is 0 Å². The molecule has 0 unspecified atom stereocenters. The quantitative estimate of drug-likeness (QED) is 0.616. The van der Waals surface area contributed by atoms with E-state index in [1.165, 1.54) is 6.92 Å². The van der Waals surface area contributed by atoms with E-state index < -0.39 is 0 Å². The van der Waals surface area contributed by atoms with Gasteiger partial charge in [0.15, 0.2) is 5.78 Å². The fourth-order valence-electron chi connectivity index (χ4n) is 3.57. The molecule has 1 aliphatic rings. The van der Waals surface area contributed by atoms with Crippen molar-refractivity contribution in [3.05, 3.63) is 22.5 Å². The number of aromatic amines is 1. The van der Waals surface area contributed by atoms with E-state index >= 15 is 0 Å². The van der Waals surface area contributed by atoms with Crippen molar-refractivity contribution in [1.82, 2.24) is 15.2 Å². The van der Waals surface area contributed by atoms with Gasteiger partial charge in [0.05, 0.1) is 12.2 Å². The van der Waals surface area contributed by atoms with E-state index in [0.717, 1.165) is 37.3 Å². The molecule has 0 saturated carbocycles. The number of ether oxygens (including phenoxy) is 1. The summed E-state index contributed by atoms with van der Waals surface area (Å²) in [5.41, 5.74) is 2.59. The maximum atomic E-state index is 12.3. The van der Waals surface area contributed by atoms with E-state index in [9.17, 15) is 9.59 Å². The summed E-state index contributed by atoms with van der Waals surface area (Å²) in [6.45, 7) is 12.8. The van der Waals surface area contributed by atoms with Crippen LogP contribution in [0.3, 0.4) is 0 Å². The molecule has 0 spiro atoms. The summed E-state index contributed by atoms with van der Waals surface area (Å²) >= 11 is 0. The number of hydrogen-bond donors (Lipinski definition) is 2. The SMILES string of the molecule is CC(=O)c1c(C)[nH]c(C(=O)NCCCN2C[C@H](C)O[C@@H](C)C2)c1C. The van der Waals surface area contributed by atoms with Gasteiger partial charge in [-0.15, -0.1) is 0 Å². The van der Waals surface area contributed by atoms with Gasteiger partial charge in [0, 0.05) is 37.4 Å². The summed E-state index contributed by atoms with van der Waals surface area (Å²) in [5.74, 6) is -0.164. The molecule has 2 heterocycles. The van der Waals surface area contributed by atoms with Crippen LogP contribution in [0.2, 0.25) is 0 Å². The number of nitrogens with one attached hydrogen (secondary N) is 2. The van der Waals surface area contributed by atoms with E-state index in [1.807, 2.05) is 13.8 Å². The summed E-state index contributed by atoms with van der Waals surface area (Å²) in [6.07, 6.45) is 1.42. The molecule has 6 heteroatoms. The minimum Gasteiger partial charge on any atom is -0.373 e. The maximum absolute atomic E-state index is 12.3. The smallest absolute Gasteiger partial charge is 0.268 e. The van der Waals surface area contributed by atoms with Crippen molar-refractivity contribution in [3.63, 3.8) is 0 Å². The van der Waals surface area contributed by atoms with Crippen LogP contribution in [0.15, 0.2) is 0 Å². The van der Waals surface area contributed by atoms with Crippen LogP contribution >= 0.6 is 0 Å². The third-order valence-corrected chi connectivity index (χ3v) is 4.45. The average molecular weight is 335 g/mol. The highest BCUT2D eigenvalue weighted by atomic mass is 16.5. The molecule has 2 N–H and O–H groups in total. The zero-order valence-electron chi connectivity index (χ0n) is 15.4. The highest BCUT2D eigenvalue weighted by Crippen LogP contribution is 2.18. The zero-order valence-corrected chi connectivity index (χ0v) is 15.4. The van der Waals surface area contributed by atoms with Crippen LogP contribution in [-0.2, 0) is 4.74 Å². The molecule has 1 saturated heterocycles. The molecule has 2 atom stereocenters. The number of carbonyl (C=O) groups excluding carboxylic acids is 2. The van der Waals surface area contributed by atoms with Gasteiger partial charge in [0.1, 0.15) is 5.69 Å². The Hall–Kier alpha value is -1.66. The lowest BCUT2D eigenvalue weighted by molar-refractivity contribution is -0.0680. The molecule has 1 amide bonds. The molecule has 1 aromatic heterocycles. The number of H-pyrrole nitrogens is 1. The molecule has 0 aliphatic carbocycles. The summed E-state index contributed by atoms with van der Waals surface area (Å²) < 4.78 is 5.72. The number of aromatic nitrogens is 1. The number of aryl methyl sites for hydroxylation is 1. The molecule has 1 aliphatic heterocycles. The Morgan fingerprint density at radius 3 is 2.42 bits per heavy atom. The normalized spacial score (nSPS) is 21.7. The molecule has 0 aromatic carbocycles. The summed E-state index contributed by atoms with van der Waals surface area (Å²) in [5, 5.41) is 2.94. The Balaban J connectivity index is 1.82. The second-order valence-corrected chi connectivity index (χ2v) is 6.81. The van der Waals surface area contributed by atoms with Crippen molar-refractivity contribution in [3.8, 4) is 0 Å². The first-order valence-electron chi connectivity index (χ1n) is 8.65. The lowest BCUT2D eigenvalue weighted by Gasteiger charge is -2.35. The zero-order chi connectivity index (χ0) is 17.9. The number of Topliss-reactive ketones (excluding diaryl/α,β-unsaturated/α-hetero) is 1. The second-order valence-electron chi connectivity index (χ2n) is 6.81. The molecule has 134 valence electrons. The minimum atomic E-state index is -0.146. The average Bonchev–Trinajstić information content (AvgIpc) is 2.77. The lowest BCUT2D eigenvalue weighted by Crippen LogP contribution is -2.46. The van der Waals surface area contributed by atoms with Crippen LogP contribution in [0.25, 0.3) is 0 Å². The van der Waals surface area contributed by atoms with Crippen LogP contribution < -0.4 is 5.32 Å². The van der Waals surface area contributed by atoms with Gasteiger partial charge < -0.3 is 15.0 Å². The maximum Gasteiger partial charge on any atom is 0.268 e. The van der Waals surface area contributed by atoms with E-state index in [-0.39, 0.29) is 23.9 Å². The predicted octanol–water partition coefficient (Wildman–Crippen LogP) is 2.06. The fraction of sp³-hybridized carbons (Fsp3) is 0.667. The lowest BCUT2D eigenvalue weighted by atomic mass is 10.1. The summed E-state index contributed by atoms with van der Waals surface area (Å²) in [4.78, 5) is 29.4. The van der Waals surface area contributed by atoms with Gasteiger partial charge in [-0.05, 0) is 46.6 Å². The Morgan fingerprint density at radius 2 is 1.88 bits per heavy atom. The first-order valence-corrected chi connectivity index (χ1v) is 8.65. The third kappa shape index (κ3) is 4.45. The molecular formula is C18H29N3O3. The first-order chi connectivity index (χ1) is 11.3. The van der Waals surface area contributed by atoms with Gasteiger partial charge in [0.2, 0.25) is 0 Å². The molecule has 1 aromatic rings. The summed E-state index contributed by atoms with van der Waals surface area (Å²) in [6, 6.07) is 0. The number of amides is 1. The standard InChI is InChI=1S/C18H29N3O3/c1-11-9-21(10-12(2)24-11)8-6-7-19-18(23)17-13(3)16(15(5)22)14(4)20-17/h11-12,20H,6-10H2,1-5H3,(H,19,23)/t11-,12-/m0/s1. The number of carbonyl (C=O) groups is 2. The fourth-order valence-corrected chi connectivity index (χ4v) is 3.57. The van der Waals surface area contributed by atoms with Crippen LogP contribution in [0.5, 0.6) is 0 Å². The molecule has 2 rings (SSSR count). The van der Waals surface area contributed by atoms with Gasteiger partial charge in [-0.2, -0.15) is 0 Å². The molecule has 6 nitrogen and oxygen atoms in total. The van der Waals surface area contributed by atoms with Crippen molar-refractivity contribution >= 4 is 11.7 Å². The van der Waals surface area contributed by atoms with Crippen LogP contribution in [0.1, 0.15) is 59.3 Å². The number of ketones is 1. The number of rotatable bonds is 6. The van der Waals surface area contributed by atoms with Crippen LogP contribution in [0.4, 0.5) is 0 Å². The van der Waals surface area contributed by atoms with E-state index in [2.05, 4.69) is 29.0 Å². The van der Waals surface area contributed by atoms with Crippen molar-refractivity contribution in [2.75, 3.05) is 26.2 Å². The number of hydrogen-bond acceptors (Lipinski definition) is 4. The molecule has 24 heavy (non-hydrogen) atoms. The second kappa shape index (κ2) is 7.94. The van der Waals surface area contributed by atoms with Gasteiger partial charge in [-0.25, -0.2) is 0 Å². The Morgan fingerprint density at radius 1 is 1.25 bits per heavy atom. The monoisotopic (exact) mass is 335 g/mol. The topological polar surface area (TPSA) is 74.4 Å². The van der Waals surface area contributed by atoms with Crippen molar-refractivity contribution < 1.29 is 14.3 Å². The van der Waals surface area contributed by atoms with Crippen LogP contribution in [0, 0.1) is 13.8 Å².